The van der Waals surface area contributed by atoms with E-state index in [2.05, 4.69) is 29.5 Å². The first-order valence-corrected chi connectivity index (χ1v) is 9.45. The van der Waals surface area contributed by atoms with E-state index < -0.39 is 0 Å². The van der Waals surface area contributed by atoms with Gasteiger partial charge in [-0.1, -0.05) is 25.1 Å². The normalized spacial score (nSPS) is 14.7. The fourth-order valence-corrected chi connectivity index (χ4v) is 2.24. The zero-order valence-corrected chi connectivity index (χ0v) is 19.2. The molecular formula is C20H33IN4O2. The molecule has 1 atom stereocenters. The van der Waals surface area contributed by atoms with Crippen molar-refractivity contribution >= 4 is 35.8 Å². The molecule has 0 heterocycles. The second kappa shape index (κ2) is 12.0. The van der Waals surface area contributed by atoms with E-state index in [4.69, 9.17) is 4.74 Å². The van der Waals surface area contributed by atoms with E-state index in [-0.39, 0.29) is 42.5 Å². The maximum Gasteiger partial charge on any atom is 0.241 e. The van der Waals surface area contributed by atoms with Gasteiger partial charge in [-0.25, -0.2) is 4.99 Å². The molecule has 7 heteroatoms. The number of hydrogen-bond donors (Lipinski definition) is 2. The van der Waals surface area contributed by atoms with Crippen LogP contribution in [0.15, 0.2) is 29.3 Å². The molecule has 0 aliphatic heterocycles. The summed E-state index contributed by atoms with van der Waals surface area (Å²) in [6.07, 6.45) is 3.52. The maximum absolute atomic E-state index is 11.8. The predicted octanol–water partition coefficient (Wildman–Crippen LogP) is 3.02. The Balaban J connectivity index is 0.00000364. The second-order valence-electron chi connectivity index (χ2n) is 7.12. The van der Waals surface area contributed by atoms with Crippen molar-refractivity contribution in [3.8, 4) is 5.75 Å². The summed E-state index contributed by atoms with van der Waals surface area (Å²) in [5.41, 5.74) is 1.05. The summed E-state index contributed by atoms with van der Waals surface area (Å²) in [6, 6.07) is 8.30. The molecular weight excluding hydrogens is 455 g/mol. The van der Waals surface area contributed by atoms with Crippen LogP contribution in [0.4, 0.5) is 0 Å². The first kappa shape index (κ1) is 23.5. The number of aliphatic imine (C=N–C) groups is 1. The molecule has 1 unspecified atom stereocenters. The van der Waals surface area contributed by atoms with Crippen LogP contribution in [-0.2, 0) is 11.3 Å². The first-order valence-electron chi connectivity index (χ1n) is 9.45. The molecule has 1 aliphatic carbocycles. The molecule has 152 valence electrons. The number of halogens is 1. The first-order chi connectivity index (χ1) is 12.5. The third-order valence-corrected chi connectivity index (χ3v) is 4.45. The van der Waals surface area contributed by atoms with Crippen LogP contribution in [0.1, 0.15) is 38.7 Å². The number of rotatable bonds is 9. The highest BCUT2D eigenvalue weighted by molar-refractivity contribution is 14.0. The molecule has 1 aliphatic rings. The standard InChI is InChI=1S/C20H32N4O2.HI/c1-5-15(2)23-20(22-13-19(25)24(3)4)21-12-17-8-6-7-9-18(17)26-14-16-10-11-16;/h6-9,15-16H,5,10-14H2,1-4H3,(H2,21,22,23);1H. The quantitative estimate of drug-likeness (QED) is 0.319. The number of nitrogens with one attached hydrogen (secondary N) is 2. The Morgan fingerprint density at radius 2 is 2.04 bits per heavy atom. The molecule has 1 fully saturated rings. The van der Waals surface area contributed by atoms with Crippen LogP contribution >= 0.6 is 24.0 Å². The summed E-state index contributed by atoms with van der Waals surface area (Å²) >= 11 is 0. The molecule has 27 heavy (non-hydrogen) atoms. The third-order valence-electron chi connectivity index (χ3n) is 4.45. The maximum atomic E-state index is 11.8. The molecule has 0 bridgehead atoms. The van der Waals surface area contributed by atoms with Crippen molar-refractivity contribution in [2.75, 3.05) is 27.2 Å². The third kappa shape index (κ3) is 8.81. The lowest BCUT2D eigenvalue weighted by Gasteiger charge is -2.18. The largest absolute Gasteiger partial charge is 0.493 e. The van der Waals surface area contributed by atoms with E-state index in [0.717, 1.165) is 24.3 Å². The van der Waals surface area contributed by atoms with Crippen LogP contribution < -0.4 is 15.4 Å². The topological polar surface area (TPSA) is 66.0 Å². The van der Waals surface area contributed by atoms with E-state index in [1.54, 1.807) is 19.0 Å². The van der Waals surface area contributed by atoms with Gasteiger partial charge in [0.25, 0.3) is 0 Å². The fraction of sp³-hybridized carbons (Fsp3) is 0.600. The molecule has 2 rings (SSSR count). The van der Waals surface area contributed by atoms with Crippen molar-refractivity contribution in [1.29, 1.82) is 0 Å². The molecule has 1 aromatic carbocycles. The van der Waals surface area contributed by atoms with Crippen molar-refractivity contribution in [1.82, 2.24) is 15.5 Å². The van der Waals surface area contributed by atoms with Crippen LogP contribution in [0.5, 0.6) is 5.75 Å². The Bertz CT molecular complexity index is 618. The number of carbonyl (C=O) groups excluding carboxylic acids is 1. The zero-order chi connectivity index (χ0) is 18.9. The SMILES string of the molecule is CCC(C)NC(=NCc1ccccc1OCC1CC1)NCC(=O)N(C)C.I. The Morgan fingerprint density at radius 1 is 1.33 bits per heavy atom. The van der Waals surface area contributed by atoms with Crippen LogP contribution in [0.2, 0.25) is 0 Å². The average molecular weight is 488 g/mol. The molecule has 0 saturated heterocycles. The van der Waals surface area contributed by atoms with Gasteiger partial charge in [0, 0.05) is 25.7 Å². The molecule has 6 nitrogen and oxygen atoms in total. The Morgan fingerprint density at radius 3 is 2.67 bits per heavy atom. The van der Waals surface area contributed by atoms with Crippen molar-refractivity contribution in [2.45, 2.75) is 45.7 Å². The number of nitrogens with zero attached hydrogens (tertiary/aromatic N) is 2. The lowest BCUT2D eigenvalue weighted by Crippen LogP contribution is -2.45. The minimum absolute atomic E-state index is 0. The summed E-state index contributed by atoms with van der Waals surface area (Å²) in [6.45, 7) is 5.71. The van der Waals surface area contributed by atoms with E-state index in [0.29, 0.717) is 18.4 Å². The van der Waals surface area contributed by atoms with Crippen molar-refractivity contribution in [2.24, 2.45) is 10.9 Å². The van der Waals surface area contributed by atoms with Gasteiger partial charge >= 0.3 is 0 Å². The van der Waals surface area contributed by atoms with Crippen LogP contribution in [0.25, 0.3) is 0 Å². The monoisotopic (exact) mass is 488 g/mol. The number of para-hydroxylation sites is 1. The lowest BCUT2D eigenvalue weighted by molar-refractivity contribution is -0.127. The number of hydrogen-bond acceptors (Lipinski definition) is 3. The van der Waals surface area contributed by atoms with Crippen LogP contribution in [-0.4, -0.2) is 50.1 Å². The van der Waals surface area contributed by atoms with Gasteiger partial charge < -0.3 is 20.3 Å². The van der Waals surface area contributed by atoms with E-state index in [1.807, 2.05) is 24.3 Å². The zero-order valence-electron chi connectivity index (χ0n) is 16.8. The fourth-order valence-electron chi connectivity index (χ4n) is 2.24. The van der Waals surface area contributed by atoms with E-state index >= 15 is 0 Å². The number of amides is 1. The highest BCUT2D eigenvalue weighted by Crippen LogP contribution is 2.30. The van der Waals surface area contributed by atoms with Gasteiger partial charge in [-0.3, -0.25) is 4.79 Å². The minimum atomic E-state index is 0. The van der Waals surface area contributed by atoms with Gasteiger partial charge in [0.2, 0.25) is 5.91 Å². The van der Waals surface area contributed by atoms with Crippen molar-refractivity contribution < 1.29 is 9.53 Å². The second-order valence-corrected chi connectivity index (χ2v) is 7.12. The van der Waals surface area contributed by atoms with Gasteiger partial charge in [0.05, 0.1) is 19.7 Å². The Hall–Kier alpha value is -1.51. The van der Waals surface area contributed by atoms with Crippen LogP contribution in [0.3, 0.4) is 0 Å². The van der Waals surface area contributed by atoms with Gasteiger partial charge in [0.15, 0.2) is 5.96 Å². The molecule has 0 spiro atoms. The van der Waals surface area contributed by atoms with Gasteiger partial charge in [-0.15, -0.1) is 24.0 Å². The number of guanidine groups is 1. The van der Waals surface area contributed by atoms with Crippen molar-refractivity contribution in [3.05, 3.63) is 29.8 Å². The van der Waals surface area contributed by atoms with E-state index in [1.165, 1.54) is 12.8 Å². The van der Waals surface area contributed by atoms with E-state index in [9.17, 15) is 4.79 Å². The predicted molar refractivity (Wildman–Crippen MR) is 121 cm³/mol. The highest BCUT2D eigenvalue weighted by atomic mass is 127. The summed E-state index contributed by atoms with van der Waals surface area (Å²) in [5.74, 6) is 2.27. The summed E-state index contributed by atoms with van der Waals surface area (Å²) in [4.78, 5) is 18.1. The average Bonchev–Trinajstić information content (AvgIpc) is 3.46. The molecule has 1 amide bonds. The summed E-state index contributed by atoms with van der Waals surface area (Å²) < 4.78 is 5.95. The molecule has 1 saturated carbocycles. The number of ether oxygens (including phenoxy) is 1. The molecule has 0 radical (unpaired) electrons. The lowest BCUT2D eigenvalue weighted by atomic mass is 10.2. The molecule has 0 aromatic heterocycles. The minimum Gasteiger partial charge on any atom is -0.493 e. The molecule has 2 N–H and O–H groups in total. The summed E-state index contributed by atoms with van der Waals surface area (Å²) in [7, 11) is 3.49. The number of benzene rings is 1. The van der Waals surface area contributed by atoms with Crippen LogP contribution in [0, 0.1) is 5.92 Å². The van der Waals surface area contributed by atoms with Gasteiger partial charge in [-0.2, -0.15) is 0 Å². The number of likely N-dealkylation sites (N-methyl/N-ethyl adjacent to an activating group) is 1. The number of carbonyl (C=O) groups is 1. The van der Waals surface area contributed by atoms with Gasteiger partial charge in [0.1, 0.15) is 5.75 Å². The Labute approximate surface area is 180 Å². The van der Waals surface area contributed by atoms with Crippen molar-refractivity contribution in [3.63, 3.8) is 0 Å². The summed E-state index contributed by atoms with van der Waals surface area (Å²) in [5, 5.41) is 6.46. The molecule has 1 aromatic rings. The van der Waals surface area contributed by atoms with Gasteiger partial charge in [-0.05, 0) is 38.2 Å². The highest BCUT2D eigenvalue weighted by Gasteiger charge is 2.22. The Kier molecular flexibility index (Phi) is 10.5. The smallest absolute Gasteiger partial charge is 0.241 e.